The first-order valence-corrected chi connectivity index (χ1v) is 6.17. The molecule has 3 nitrogen and oxygen atoms in total. The minimum atomic E-state index is -0.452. The van der Waals surface area contributed by atoms with Gasteiger partial charge in [-0.3, -0.25) is 4.79 Å². The quantitative estimate of drug-likeness (QED) is 0.769. The SMILES string of the molecule is CC1CC(C)(C)CC1NCC(C)(C)C(N)=O. The zero-order valence-electron chi connectivity index (χ0n) is 11.3. The molecule has 0 saturated heterocycles. The third-order valence-corrected chi connectivity index (χ3v) is 3.81. The summed E-state index contributed by atoms with van der Waals surface area (Å²) in [6.45, 7) is 11.4. The molecule has 0 radical (unpaired) electrons. The minimum Gasteiger partial charge on any atom is -0.369 e. The molecule has 94 valence electrons. The van der Waals surface area contributed by atoms with Crippen LogP contribution in [0.1, 0.15) is 47.5 Å². The molecule has 0 bridgehead atoms. The van der Waals surface area contributed by atoms with Crippen molar-refractivity contribution < 1.29 is 4.79 Å². The van der Waals surface area contributed by atoms with Crippen LogP contribution in [0.5, 0.6) is 0 Å². The largest absolute Gasteiger partial charge is 0.369 e. The van der Waals surface area contributed by atoms with Crippen molar-refractivity contribution in [2.45, 2.75) is 53.5 Å². The molecule has 0 aromatic carbocycles. The average molecular weight is 226 g/mol. The Bertz CT molecular complexity index is 271. The number of rotatable bonds is 4. The number of carbonyl (C=O) groups excluding carboxylic acids is 1. The molecule has 0 aromatic heterocycles. The second-order valence-corrected chi connectivity index (χ2v) is 6.79. The van der Waals surface area contributed by atoms with Gasteiger partial charge < -0.3 is 11.1 Å². The molecule has 0 spiro atoms. The fraction of sp³-hybridized carbons (Fsp3) is 0.923. The number of hydrogen-bond acceptors (Lipinski definition) is 2. The highest BCUT2D eigenvalue weighted by Crippen LogP contribution is 2.40. The van der Waals surface area contributed by atoms with Crippen LogP contribution < -0.4 is 11.1 Å². The Morgan fingerprint density at radius 1 is 1.44 bits per heavy atom. The summed E-state index contributed by atoms with van der Waals surface area (Å²) < 4.78 is 0. The van der Waals surface area contributed by atoms with Gasteiger partial charge in [0.05, 0.1) is 5.41 Å². The van der Waals surface area contributed by atoms with Gasteiger partial charge in [0, 0.05) is 12.6 Å². The fourth-order valence-electron chi connectivity index (χ4n) is 2.64. The van der Waals surface area contributed by atoms with E-state index in [1.165, 1.54) is 12.8 Å². The van der Waals surface area contributed by atoms with Crippen LogP contribution in [0.2, 0.25) is 0 Å². The molecular weight excluding hydrogens is 200 g/mol. The van der Waals surface area contributed by atoms with Crippen molar-refractivity contribution in [3.05, 3.63) is 0 Å². The van der Waals surface area contributed by atoms with Crippen molar-refractivity contribution in [3.63, 3.8) is 0 Å². The number of hydrogen-bond donors (Lipinski definition) is 2. The monoisotopic (exact) mass is 226 g/mol. The van der Waals surface area contributed by atoms with Gasteiger partial charge in [-0.15, -0.1) is 0 Å². The van der Waals surface area contributed by atoms with Crippen LogP contribution >= 0.6 is 0 Å². The van der Waals surface area contributed by atoms with Gasteiger partial charge in [0.2, 0.25) is 5.91 Å². The highest BCUT2D eigenvalue weighted by molar-refractivity contribution is 5.80. The molecule has 1 saturated carbocycles. The van der Waals surface area contributed by atoms with E-state index in [9.17, 15) is 4.79 Å². The number of carbonyl (C=O) groups is 1. The number of amides is 1. The first-order valence-electron chi connectivity index (χ1n) is 6.17. The maximum absolute atomic E-state index is 11.2. The van der Waals surface area contributed by atoms with Gasteiger partial charge in [-0.05, 0) is 38.0 Å². The molecule has 0 aromatic rings. The van der Waals surface area contributed by atoms with Gasteiger partial charge in [0.1, 0.15) is 0 Å². The normalized spacial score (nSPS) is 29.3. The molecule has 1 aliphatic rings. The summed E-state index contributed by atoms with van der Waals surface area (Å²) in [5, 5.41) is 3.51. The third-order valence-electron chi connectivity index (χ3n) is 3.81. The lowest BCUT2D eigenvalue weighted by molar-refractivity contribution is -0.125. The lowest BCUT2D eigenvalue weighted by Crippen LogP contribution is -2.44. The summed E-state index contributed by atoms with van der Waals surface area (Å²) in [6, 6.07) is 0.522. The number of nitrogens with one attached hydrogen (secondary N) is 1. The van der Waals surface area contributed by atoms with Crippen molar-refractivity contribution >= 4 is 5.91 Å². The van der Waals surface area contributed by atoms with Crippen LogP contribution in [0.15, 0.2) is 0 Å². The van der Waals surface area contributed by atoms with Crippen LogP contribution in [-0.4, -0.2) is 18.5 Å². The van der Waals surface area contributed by atoms with Gasteiger partial charge in [-0.1, -0.05) is 20.8 Å². The second kappa shape index (κ2) is 4.36. The number of primary amides is 1. The van der Waals surface area contributed by atoms with E-state index >= 15 is 0 Å². The van der Waals surface area contributed by atoms with Gasteiger partial charge >= 0.3 is 0 Å². The molecule has 16 heavy (non-hydrogen) atoms. The lowest BCUT2D eigenvalue weighted by Gasteiger charge is -2.26. The van der Waals surface area contributed by atoms with E-state index in [-0.39, 0.29) is 5.91 Å². The summed E-state index contributed by atoms with van der Waals surface area (Å²) >= 11 is 0. The van der Waals surface area contributed by atoms with Crippen LogP contribution in [0.4, 0.5) is 0 Å². The van der Waals surface area contributed by atoms with Gasteiger partial charge in [-0.2, -0.15) is 0 Å². The van der Waals surface area contributed by atoms with Crippen LogP contribution in [-0.2, 0) is 4.79 Å². The lowest BCUT2D eigenvalue weighted by atomic mass is 9.90. The van der Waals surface area contributed by atoms with Crippen molar-refractivity contribution in [2.24, 2.45) is 22.5 Å². The fourth-order valence-corrected chi connectivity index (χ4v) is 2.64. The highest BCUT2D eigenvalue weighted by Gasteiger charge is 2.37. The predicted molar refractivity (Wildman–Crippen MR) is 66.9 cm³/mol. The summed E-state index contributed by atoms with van der Waals surface area (Å²) in [4.78, 5) is 11.2. The van der Waals surface area contributed by atoms with Crippen molar-refractivity contribution in [1.82, 2.24) is 5.32 Å². The highest BCUT2D eigenvalue weighted by atomic mass is 16.1. The molecule has 1 aliphatic carbocycles. The molecule has 3 N–H and O–H groups in total. The van der Waals surface area contributed by atoms with Gasteiger partial charge in [-0.25, -0.2) is 0 Å². The van der Waals surface area contributed by atoms with E-state index in [1.54, 1.807) is 0 Å². The first-order chi connectivity index (χ1) is 7.14. The molecule has 3 heteroatoms. The summed E-state index contributed by atoms with van der Waals surface area (Å²) in [5.41, 5.74) is 5.34. The molecule has 1 fully saturated rings. The van der Waals surface area contributed by atoms with E-state index in [4.69, 9.17) is 5.73 Å². The smallest absolute Gasteiger partial charge is 0.224 e. The van der Waals surface area contributed by atoms with E-state index in [0.717, 1.165) is 0 Å². The van der Waals surface area contributed by atoms with Crippen LogP contribution in [0.25, 0.3) is 0 Å². The van der Waals surface area contributed by atoms with Gasteiger partial charge in [0.15, 0.2) is 0 Å². The van der Waals surface area contributed by atoms with Gasteiger partial charge in [0.25, 0.3) is 0 Å². The summed E-state index contributed by atoms with van der Waals surface area (Å²) in [7, 11) is 0. The Hall–Kier alpha value is -0.570. The van der Waals surface area contributed by atoms with E-state index in [1.807, 2.05) is 13.8 Å². The van der Waals surface area contributed by atoms with Crippen LogP contribution in [0, 0.1) is 16.7 Å². The first kappa shape index (κ1) is 13.5. The molecule has 0 heterocycles. The molecule has 2 atom stereocenters. The summed E-state index contributed by atoms with van der Waals surface area (Å²) in [6.07, 6.45) is 2.44. The zero-order valence-corrected chi connectivity index (χ0v) is 11.3. The standard InChI is InChI=1S/C13H26N2O/c1-9-6-12(2,3)7-10(9)15-8-13(4,5)11(14)16/h9-10,15H,6-8H2,1-5H3,(H2,14,16). The molecule has 1 amide bonds. The van der Waals surface area contributed by atoms with E-state index < -0.39 is 5.41 Å². The Labute approximate surface area is 99.2 Å². The maximum atomic E-state index is 11.2. The Balaban J connectivity index is 2.48. The molecule has 2 unspecified atom stereocenters. The Morgan fingerprint density at radius 2 is 2.00 bits per heavy atom. The Kier molecular flexibility index (Phi) is 3.68. The maximum Gasteiger partial charge on any atom is 0.224 e. The third kappa shape index (κ3) is 3.21. The number of nitrogens with two attached hydrogens (primary N) is 1. The van der Waals surface area contributed by atoms with Crippen LogP contribution in [0.3, 0.4) is 0 Å². The van der Waals surface area contributed by atoms with Crippen molar-refractivity contribution in [2.75, 3.05) is 6.54 Å². The van der Waals surface area contributed by atoms with Crippen molar-refractivity contribution in [3.8, 4) is 0 Å². The predicted octanol–water partition coefficient (Wildman–Crippen LogP) is 1.91. The summed E-state index contributed by atoms with van der Waals surface area (Å²) in [5.74, 6) is 0.448. The zero-order chi connectivity index (χ0) is 12.6. The molecular formula is C13H26N2O. The van der Waals surface area contributed by atoms with E-state index in [0.29, 0.717) is 23.9 Å². The minimum absolute atomic E-state index is 0.232. The topological polar surface area (TPSA) is 55.1 Å². The molecule has 1 rings (SSSR count). The van der Waals surface area contributed by atoms with Crippen molar-refractivity contribution in [1.29, 1.82) is 0 Å². The Morgan fingerprint density at radius 3 is 2.38 bits per heavy atom. The average Bonchev–Trinajstić information content (AvgIpc) is 2.36. The second-order valence-electron chi connectivity index (χ2n) is 6.79. The molecule has 0 aliphatic heterocycles. The van der Waals surface area contributed by atoms with E-state index in [2.05, 4.69) is 26.1 Å².